The number of hydrogen-bond acceptors (Lipinski definition) is 13. The van der Waals surface area contributed by atoms with E-state index in [1.165, 1.54) is 35.6 Å². The van der Waals surface area contributed by atoms with Crippen molar-refractivity contribution in [1.29, 1.82) is 0 Å². The van der Waals surface area contributed by atoms with Crippen molar-refractivity contribution in [2.75, 3.05) is 117 Å². The Morgan fingerprint density at radius 3 is 2.08 bits per heavy atom. The van der Waals surface area contributed by atoms with Crippen LogP contribution in [0.2, 0.25) is 0 Å². The van der Waals surface area contributed by atoms with Crippen LogP contribution in [0.1, 0.15) is 111 Å². The van der Waals surface area contributed by atoms with E-state index in [0.717, 1.165) is 66.1 Å². The number of piperidine rings is 2. The minimum Gasteiger partial charge on any atom is -0.446 e. The Kier molecular flexibility index (Phi) is 22.9. The quantitative estimate of drug-likeness (QED) is 0.0411. The SMILES string of the molecule is Cc1nc(NCCCCCC(=O)N(C)CCN2CCC(OC(=O)Nc3ccccc3-c3ccccc3)CC2)sc1C(=O)N(C)CCN(C)C(=O)CO[C@H]1Cc2ccccc2C12CCN(CC[C@]1(c3ccc(F)cc3)CN(C(=O)c3cc(C(F)(F)F)cc(C(F)(F)F)c3)CO1)CC2. The summed E-state index contributed by atoms with van der Waals surface area (Å²) in [6.07, 6.45) is -4.88. The fourth-order valence-electron chi connectivity index (χ4n) is 13.3. The monoisotopic (exact) mass is 1350 g/mol. The molecule has 4 aliphatic rings. The number of nitrogens with one attached hydrogen (secondary N) is 2. The van der Waals surface area contributed by atoms with Crippen LogP contribution in [0.4, 0.5) is 46.3 Å². The Morgan fingerprint density at radius 2 is 1.38 bits per heavy atom. The number of para-hydroxylation sites is 1. The number of carbonyl (C=O) groups is 5. The molecular weight excluding hydrogens is 1270 g/mol. The van der Waals surface area contributed by atoms with Gasteiger partial charge in [-0.2, -0.15) is 26.3 Å². The van der Waals surface area contributed by atoms with Crippen molar-refractivity contribution in [1.82, 2.24) is 34.4 Å². The van der Waals surface area contributed by atoms with E-state index < -0.39 is 64.6 Å². The number of likely N-dealkylation sites (N-methyl/N-ethyl adjacent to an activating group) is 3. The highest BCUT2D eigenvalue weighted by Gasteiger charge is 2.50. The molecule has 6 aromatic rings. The summed E-state index contributed by atoms with van der Waals surface area (Å²) in [6, 6.07) is 31.9. The van der Waals surface area contributed by atoms with Crippen molar-refractivity contribution in [3.8, 4) is 11.1 Å². The van der Waals surface area contributed by atoms with E-state index >= 15 is 0 Å². The lowest BCUT2D eigenvalue weighted by Gasteiger charge is -2.44. The summed E-state index contributed by atoms with van der Waals surface area (Å²) in [5.41, 5.74) is 0.258. The van der Waals surface area contributed by atoms with Gasteiger partial charge < -0.3 is 48.9 Å². The van der Waals surface area contributed by atoms with Gasteiger partial charge in [0.1, 0.15) is 35.7 Å². The summed E-state index contributed by atoms with van der Waals surface area (Å²) in [7, 11) is 5.20. The first-order valence-corrected chi connectivity index (χ1v) is 33.4. The summed E-state index contributed by atoms with van der Waals surface area (Å²) in [6.45, 7) is 6.56. The average molecular weight is 1350 g/mol. The van der Waals surface area contributed by atoms with E-state index in [1.54, 1.807) is 35.7 Å². The molecule has 17 nitrogen and oxygen atoms in total. The first-order chi connectivity index (χ1) is 45.9. The Bertz CT molecular complexity index is 3640. The maximum atomic E-state index is 14.3. The second kappa shape index (κ2) is 31.1. The van der Waals surface area contributed by atoms with Crippen molar-refractivity contribution >= 4 is 51.9 Å². The second-order valence-corrected chi connectivity index (χ2v) is 26.5. The van der Waals surface area contributed by atoms with Crippen LogP contribution in [0, 0.1) is 12.7 Å². The summed E-state index contributed by atoms with van der Waals surface area (Å²) >= 11 is 1.28. The normalized spacial score (nSPS) is 18.3. The standard InChI is InChI=1S/C71H82F7N9O8S/c1-48-63(96-66(80-48)79-31-14-6-9-21-61(88)82(2)39-40-85-32-26-56(27-33-85)95-67(92)81-59-20-13-11-18-57(59)49-15-7-5-8-16-49)65(91)84(4)38-37-83(3)62(89)45-93-60-43-50-17-10-12-19-58(50)68(60)28-34-86(35-29-68)36-30-69(52-22-24-55(72)25-23-52)46-87(47-94-69)64(90)51-41-53(70(73,74)75)44-54(42-51)71(76,77)78/h5,7-8,10-13,15-20,22-25,41-42,44,56,60H,6,9,14,21,26-40,43,45-47H2,1-4H3,(H,79,80)(H,81,92)/t60-,69+/m0/s1. The van der Waals surface area contributed by atoms with Crippen LogP contribution in [0.25, 0.3) is 11.1 Å². The summed E-state index contributed by atoms with van der Waals surface area (Å²) < 4.78 is 116. The predicted octanol–water partition coefficient (Wildman–Crippen LogP) is 12.4. The van der Waals surface area contributed by atoms with E-state index in [4.69, 9.17) is 14.2 Å². The van der Waals surface area contributed by atoms with Crippen LogP contribution in [-0.2, 0) is 53.6 Å². The van der Waals surface area contributed by atoms with Gasteiger partial charge in [0.05, 0.1) is 35.2 Å². The molecule has 1 aliphatic carbocycles. The minimum absolute atomic E-state index is 0.0310. The van der Waals surface area contributed by atoms with E-state index in [-0.39, 0.29) is 68.7 Å². The van der Waals surface area contributed by atoms with Gasteiger partial charge in [-0.25, -0.2) is 14.2 Å². The Morgan fingerprint density at radius 1 is 0.729 bits per heavy atom. The molecule has 0 unspecified atom stereocenters. The highest BCUT2D eigenvalue weighted by atomic mass is 32.1. The number of halogens is 7. The molecule has 1 spiro atoms. The number of likely N-dealkylation sites (tertiary alicyclic amines) is 2. The molecule has 4 heterocycles. The van der Waals surface area contributed by atoms with Gasteiger partial charge in [-0.15, -0.1) is 0 Å². The van der Waals surface area contributed by atoms with Crippen molar-refractivity contribution in [2.45, 2.75) is 107 Å². The van der Waals surface area contributed by atoms with Gasteiger partial charge in [0.25, 0.3) is 11.8 Å². The Balaban J connectivity index is 0.623. The number of benzene rings is 5. The third-order valence-electron chi connectivity index (χ3n) is 19.1. The lowest BCUT2D eigenvalue weighted by molar-refractivity contribution is -0.143. The molecule has 2 N–H and O–H groups in total. The topological polar surface area (TPSA) is 169 Å². The number of fused-ring (bicyclic) bond motifs is 2. The molecule has 2 atom stereocenters. The summed E-state index contributed by atoms with van der Waals surface area (Å²) in [5.74, 6) is -1.98. The molecule has 96 heavy (non-hydrogen) atoms. The number of ether oxygens (including phenoxy) is 3. The number of rotatable bonds is 25. The number of nitrogens with zero attached hydrogens (tertiary/aromatic N) is 7. The molecule has 3 aliphatic heterocycles. The van der Waals surface area contributed by atoms with E-state index in [1.807, 2.05) is 73.8 Å². The molecule has 0 saturated carbocycles. The molecule has 5 aromatic carbocycles. The third-order valence-corrected chi connectivity index (χ3v) is 20.2. The van der Waals surface area contributed by atoms with Crippen molar-refractivity contribution in [3.63, 3.8) is 0 Å². The fraction of sp³-hybridized carbons (Fsp3) is 0.465. The number of hydrogen-bond donors (Lipinski definition) is 2. The molecule has 3 saturated heterocycles. The minimum atomic E-state index is -5.15. The number of aromatic nitrogens is 1. The zero-order valence-corrected chi connectivity index (χ0v) is 55.2. The van der Waals surface area contributed by atoms with Gasteiger partial charge >= 0.3 is 18.4 Å². The number of unbranched alkanes of at least 4 members (excludes halogenated alkanes) is 2. The molecule has 514 valence electrons. The number of alkyl halides is 6. The third kappa shape index (κ3) is 17.4. The van der Waals surface area contributed by atoms with Crippen LogP contribution in [-0.4, -0.2) is 183 Å². The van der Waals surface area contributed by atoms with Crippen LogP contribution in [0.15, 0.2) is 121 Å². The average Bonchev–Trinajstić information content (AvgIpc) is 1.58. The molecule has 0 bridgehead atoms. The van der Waals surface area contributed by atoms with Crippen molar-refractivity contribution < 1.29 is 68.9 Å². The van der Waals surface area contributed by atoms with Gasteiger partial charge in [0.15, 0.2) is 5.13 Å². The lowest BCUT2D eigenvalue weighted by Crippen LogP contribution is -2.50. The molecule has 10 rings (SSSR count). The van der Waals surface area contributed by atoms with Crippen LogP contribution in [0.5, 0.6) is 0 Å². The van der Waals surface area contributed by atoms with E-state index in [9.17, 15) is 54.7 Å². The zero-order chi connectivity index (χ0) is 68.4. The molecular formula is C71H82F7N9O8S. The number of aryl methyl sites for hydroxylation is 1. The van der Waals surface area contributed by atoms with E-state index in [2.05, 4.69) is 37.6 Å². The summed E-state index contributed by atoms with van der Waals surface area (Å²) in [4.78, 5) is 82.7. The van der Waals surface area contributed by atoms with Gasteiger partial charge in [0.2, 0.25) is 11.8 Å². The first-order valence-electron chi connectivity index (χ1n) is 32.6. The highest BCUT2D eigenvalue weighted by molar-refractivity contribution is 7.17. The second-order valence-electron chi connectivity index (χ2n) is 25.5. The number of anilines is 2. The number of amides is 5. The molecule has 1 aromatic heterocycles. The Labute approximate surface area is 558 Å². The molecule has 3 fully saturated rings. The molecule has 5 amide bonds. The lowest BCUT2D eigenvalue weighted by atomic mass is 9.72. The summed E-state index contributed by atoms with van der Waals surface area (Å²) in [5, 5.41) is 6.89. The molecule has 25 heteroatoms. The van der Waals surface area contributed by atoms with Crippen LogP contribution in [0.3, 0.4) is 0 Å². The first kappa shape index (κ1) is 70.8. The van der Waals surface area contributed by atoms with Gasteiger partial charge in [0, 0.05) is 96.5 Å². The van der Waals surface area contributed by atoms with Gasteiger partial charge in [-0.3, -0.25) is 24.5 Å². The van der Waals surface area contributed by atoms with Crippen molar-refractivity contribution in [2.24, 2.45) is 0 Å². The number of thiazole rings is 1. The maximum Gasteiger partial charge on any atom is 0.416 e. The van der Waals surface area contributed by atoms with Crippen LogP contribution < -0.4 is 10.6 Å². The predicted molar refractivity (Wildman–Crippen MR) is 351 cm³/mol. The highest BCUT2D eigenvalue weighted by Crippen LogP contribution is 2.49. The number of carbonyl (C=O) groups excluding carboxylic acids is 5. The largest absolute Gasteiger partial charge is 0.446 e. The zero-order valence-electron chi connectivity index (χ0n) is 54.4. The molecule has 0 radical (unpaired) electrons. The smallest absolute Gasteiger partial charge is 0.416 e. The Hall–Kier alpha value is -7.97. The van der Waals surface area contributed by atoms with Crippen LogP contribution >= 0.6 is 11.3 Å². The fourth-order valence-corrected chi connectivity index (χ4v) is 14.3. The maximum absolute atomic E-state index is 14.3. The van der Waals surface area contributed by atoms with E-state index in [0.29, 0.717) is 110 Å². The van der Waals surface area contributed by atoms with Crippen molar-refractivity contribution in [3.05, 3.63) is 171 Å². The van der Waals surface area contributed by atoms with Gasteiger partial charge in [-0.1, -0.05) is 103 Å². The van der Waals surface area contributed by atoms with Gasteiger partial charge in [-0.05, 0) is 130 Å².